The predicted octanol–water partition coefficient (Wildman–Crippen LogP) is 2.49. The van der Waals surface area contributed by atoms with Gasteiger partial charge in [-0.05, 0) is 51.5 Å². The summed E-state index contributed by atoms with van der Waals surface area (Å²) in [6, 6.07) is 2.29. The van der Waals surface area contributed by atoms with Crippen LogP contribution >= 0.6 is 0 Å². The van der Waals surface area contributed by atoms with Gasteiger partial charge in [-0.3, -0.25) is 0 Å². The molecule has 94 valence electrons. The standard InChI is InChI=1S/C14H28N2/c1-10-5-6-13(7-11(10)2)15-14-8-12(3)16(4)9-14/h10-15H,5-9H2,1-4H3. The average Bonchev–Trinajstić information content (AvgIpc) is 2.52. The average molecular weight is 224 g/mol. The molecule has 0 radical (unpaired) electrons. The second kappa shape index (κ2) is 5.05. The maximum Gasteiger partial charge on any atom is 0.0212 e. The maximum absolute atomic E-state index is 3.89. The second-order valence-corrected chi connectivity index (χ2v) is 6.35. The number of likely N-dealkylation sites (tertiary alicyclic amines) is 1. The van der Waals surface area contributed by atoms with Gasteiger partial charge in [0.2, 0.25) is 0 Å². The van der Waals surface area contributed by atoms with Crippen molar-refractivity contribution in [1.82, 2.24) is 10.2 Å². The van der Waals surface area contributed by atoms with Gasteiger partial charge in [-0.2, -0.15) is 0 Å². The Bertz CT molecular complexity index is 219. The normalized spacial score (nSPS) is 46.1. The Hall–Kier alpha value is -0.0800. The zero-order chi connectivity index (χ0) is 11.7. The molecule has 0 spiro atoms. The van der Waals surface area contributed by atoms with E-state index in [1.54, 1.807) is 0 Å². The summed E-state index contributed by atoms with van der Waals surface area (Å²) in [4.78, 5) is 2.48. The second-order valence-electron chi connectivity index (χ2n) is 6.35. The SMILES string of the molecule is CC1CCC(NC2CC(C)N(C)C2)CC1C. The van der Waals surface area contributed by atoms with Crippen molar-refractivity contribution < 1.29 is 0 Å². The molecule has 1 N–H and O–H groups in total. The molecular formula is C14H28N2. The summed E-state index contributed by atoms with van der Waals surface area (Å²) in [6.45, 7) is 8.41. The molecule has 0 amide bonds. The molecule has 2 heteroatoms. The molecule has 0 aromatic heterocycles. The molecule has 2 fully saturated rings. The summed E-state index contributed by atoms with van der Waals surface area (Å²) in [5.41, 5.74) is 0. The van der Waals surface area contributed by atoms with Gasteiger partial charge in [0.1, 0.15) is 0 Å². The van der Waals surface area contributed by atoms with E-state index in [1.165, 1.54) is 32.2 Å². The van der Waals surface area contributed by atoms with Gasteiger partial charge in [0, 0.05) is 24.7 Å². The molecule has 2 rings (SSSR count). The van der Waals surface area contributed by atoms with Crippen LogP contribution in [-0.2, 0) is 0 Å². The Labute approximate surface area is 101 Å². The Balaban J connectivity index is 1.78. The largest absolute Gasteiger partial charge is 0.310 e. The van der Waals surface area contributed by atoms with E-state index in [1.807, 2.05) is 0 Å². The zero-order valence-corrected chi connectivity index (χ0v) is 11.4. The Morgan fingerprint density at radius 1 is 0.938 bits per heavy atom. The molecule has 1 aliphatic carbocycles. The van der Waals surface area contributed by atoms with Crippen LogP contribution in [-0.4, -0.2) is 36.6 Å². The lowest BCUT2D eigenvalue weighted by Gasteiger charge is -2.34. The van der Waals surface area contributed by atoms with Crippen molar-refractivity contribution in [1.29, 1.82) is 0 Å². The summed E-state index contributed by atoms with van der Waals surface area (Å²) in [6.07, 6.45) is 5.52. The Morgan fingerprint density at radius 2 is 1.69 bits per heavy atom. The van der Waals surface area contributed by atoms with Crippen LogP contribution in [0.1, 0.15) is 46.5 Å². The first-order valence-corrected chi connectivity index (χ1v) is 7.02. The van der Waals surface area contributed by atoms with Crippen LogP contribution in [0, 0.1) is 11.8 Å². The third kappa shape index (κ3) is 2.78. The summed E-state index contributed by atoms with van der Waals surface area (Å²) in [7, 11) is 2.25. The van der Waals surface area contributed by atoms with Crippen LogP contribution in [0.4, 0.5) is 0 Å². The molecule has 5 unspecified atom stereocenters. The summed E-state index contributed by atoms with van der Waals surface area (Å²) >= 11 is 0. The van der Waals surface area contributed by atoms with E-state index in [-0.39, 0.29) is 0 Å². The molecule has 1 saturated carbocycles. The summed E-state index contributed by atoms with van der Waals surface area (Å²) in [5, 5.41) is 3.89. The highest BCUT2D eigenvalue weighted by Crippen LogP contribution is 2.30. The molecule has 16 heavy (non-hydrogen) atoms. The zero-order valence-electron chi connectivity index (χ0n) is 11.4. The van der Waals surface area contributed by atoms with Gasteiger partial charge in [0.15, 0.2) is 0 Å². The van der Waals surface area contributed by atoms with Gasteiger partial charge in [0.05, 0.1) is 0 Å². The molecule has 0 aromatic carbocycles. The van der Waals surface area contributed by atoms with Gasteiger partial charge in [-0.1, -0.05) is 13.8 Å². The van der Waals surface area contributed by atoms with Crippen LogP contribution in [0.5, 0.6) is 0 Å². The molecule has 1 aliphatic heterocycles. The molecule has 5 atom stereocenters. The third-order valence-corrected chi connectivity index (χ3v) is 4.96. The lowest BCUT2D eigenvalue weighted by molar-refractivity contribution is 0.215. The topological polar surface area (TPSA) is 15.3 Å². The number of rotatable bonds is 2. The van der Waals surface area contributed by atoms with Crippen molar-refractivity contribution in [3.63, 3.8) is 0 Å². The minimum atomic E-state index is 0.741. The molecule has 1 heterocycles. The van der Waals surface area contributed by atoms with E-state index in [0.717, 1.165) is 30.0 Å². The van der Waals surface area contributed by atoms with Crippen LogP contribution in [0.25, 0.3) is 0 Å². The first-order chi connectivity index (χ1) is 7.56. The quantitative estimate of drug-likeness (QED) is 0.775. The maximum atomic E-state index is 3.89. The van der Waals surface area contributed by atoms with Crippen molar-refractivity contribution in [3.05, 3.63) is 0 Å². The van der Waals surface area contributed by atoms with Gasteiger partial charge >= 0.3 is 0 Å². The highest BCUT2D eigenvalue weighted by Gasteiger charge is 2.30. The Kier molecular flexibility index (Phi) is 3.91. The lowest BCUT2D eigenvalue weighted by atomic mass is 9.79. The highest BCUT2D eigenvalue weighted by atomic mass is 15.2. The van der Waals surface area contributed by atoms with Crippen molar-refractivity contribution in [2.75, 3.05) is 13.6 Å². The van der Waals surface area contributed by atoms with E-state index < -0.39 is 0 Å². The fraction of sp³-hybridized carbons (Fsp3) is 1.00. The molecule has 0 aromatic rings. The molecule has 2 aliphatic rings. The lowest BCUT2D eigenvalue weighted by Crippen LogP contribution is -2.43. The van der Waals surface area contributed by atoms with Crippen molar-refractivity contribution in [2.45, 2.75) is 64.6 Å². The van der Waals surface area contributed by atoms with Crippen molar-refractivity contribution in [2.24, 2.45) is 11.8 Å². The fourth-order valence-electron chi connectivity index (χ4n) is 3.35. The van der Waals surface area contributed by atoms with Crippen LogP contribution in [0.3, 0.4) is 0 Å². The number of nitrogens with one attached hydrogen (secondary N) is 1. The molecular weight excluding hydrogens is 196 g/mol. The summed E-state index contributed by atoms with van der Waals surface area (Å²) in [5.74, 6) is 1.84. The van der Waals surface area contributed by atoms with Gasteiger partial charge < -0.3 is 10.2 Å². The monoisotopic (exact) mass is 224 g/mol. The molecule has 1 saturated heterocycles. The van der Waals surface area contributed by atoms with E-state index in [9.17, 15) is 0 Å². The van der Waals surface area contributed by atoms with Crippen LogP contribution < -0.4 is 5.32 Å². The van der Waals surface area contributed by atoms with E-state index in [2.05, 4.69) is 38.0 Å². The van der Waals surface area contributed by atoms with Gasteiger partial charge in [0.25, 0.3) is 0 Å². The highest BCUT2D eigenvalue weighted by molar-refractivity contribution is 4.89. The Morgan fingerprint density at radius 3 is 2.25 bits per heavy atom. The number of hydrogen-bond donors (Lipinski definition) is 1. The summed E-state index contributed by atoms with van der Waals surface area (Å²) < 4.78 is 0. The van der Waals surface area contributed by atoms with E-state index in [0.29, 0.717) is 0 Å². The third-order valence-electron chi connectivity index (χ3n) is 4.96. The minimum absolute atomic E-state index is 0.741. The van der Waals surface area contributed by atoms with Crippen LogP contribution in [0.2, 0.25) is 0 Å². The van der Waals surface area contributed by atoms with Gasteiger partial charge in [-0.25, -0.2) is 0 Å². The van der Waals surface area contributed by atoms with Crippen molar-refractivity contribution in [3.8, 4) is 0 Å². The number of hydrogen-bond acceptors (Lipinski definition) is 2. The van der Waals surface area contributed by atoms with E-state index >= 15 is 0 Å². The predicted molar refractivity (Wildman–Crippen MR) is 69.6 cm³/mol. The first kappa shape index (κ1) is 12.4. The molecule has 2 nitrogen and oxygen atoms in total. The van der Waals surface area contributed by atoms with Crippen LogP contribution in [0.15, 0.2) is 0 Å². The minimum Gasteiger partial charge on any atom is -0.310 e. The number of nitrogens with zero attached hydrogens (tertiary/aromatic N) is 1. The first-order valence-electron chi connectivity index (χ1n) is 7.02. The van der Waals surface area contributed by atoms with Gasteiger partial charge in [-0.15, -0.1) is 0 Å². The van der Waals surface area contributed by atoms with E-state index in [4.69, 9.17) is 0 Å². The fourth-order valence-corrected chi connectivity index (χ4v) is 3.35. The smallest absolute Gasteiger partial charge is 0.0212 e. The van der Waals surface area contributed by atoms with Crippen molar-refractivity contribution >= 4 is 0 Å². The molecule has 0 bridgehead atoms. The number of likely N-dealkylation sites (N-methyl/N-ethyl adjacent to an activating group) is 1.